The number of benzene rings is 1. The highest BCUT2D eigenvalue weighted by atomic mass is 16.7. The fourth-order valence-corrected chi connectivity index (χ4v) is 10.3. The summed E-state index contributed by atoms with van der Waals surface area (Å²) in [4.78, 5) is 43.0. The fourth-order valence-electron chi connectivity index (χ4n) is 10.3. The number of aliphatic hydroxyl groups is 5. The van der Waals surface area contributed by atoms with Crippen molar-refractivity contribution in [1.82, 2.24) is 15.1 Å². The van der Waals surface area contributed by atoms with Gasteiger partial charge in [-0.15, -0.1) is 0 Å². The lowest BCUT2D eigenvalue weighted by Gasteiger charge is -2.48. The Labute approximate surface area is 398 Å². The van der Waals surface area contributed by atoms with Crippen LogP contribution in [0.15, 0.2) is 24.3 Å². The van der Waals surface area contributed by atoms with Crippen LogP contribution < -0.4 is 10.6 Å². The van der Waals surface area contributed by atoms with Gasteiger partial charge in [0.2, 0.25) is 0 Å². The zero-order valence-electron chi connectivity index (χ0n) is 42.4. The second-order valence-corrected chi connectivity index (χ2v) is 20.6. The van der Waals surface area contributed by atoms with Crippen LogP contribution in [0, 0.1) is 17.8 Å². The number of anilines is 1. The Morgan fingerprint density at radius 2 is 1.58 bits per heavy atom. The van der Waals surface area contributed by atoms with E-state index in [1.165, 1.54) is 21.0 Å². The van der Waals surface area contributed by atoms with Gasteiger partial charge in [-0.2, -0.15) is 0 Å². The molecule has 0 spiro atoms. The standard InChI is InChI=1S/C49H84N4O14/c1-15-37-49(11,61)41(56)31(6)53(22-16-21-50-46(59)51-35-19-17-34(18-20-35)32(7)54)26-27(2)24-47(9,60)43(67-45-39(55)36(52(12)13)23-28(3)63-45)29(4)40(30(5)44(58)65-37)66-38-25-48(10,62-14)42(57)33(8)64-38/h17-20,27-31,33,36-43,45,55-57,60-61H,15-16,21-26H2,1-14H3,(H2,50,51,59)/t27-,28-,29+,30-,31-,33+,36+,37-,38+,39-,40+,41-,42+,43-,45+,47-,48-,49-/m1/s1. The summed E-state index contributed by atoms with van der Waals surface area (Å²) >= 11 is 0. The number of amides is 2. The molecule has 3 fully saturated rings. The van der Waals surface area contributed by atoms with Crippen LogP contribution in [-0.2, 0) is 33.2 Å². The maximum absolute atomic E-state index is 14.5. The van der Waals surface area contributed by atoms with Crippen molar-refractivity contribution in [2.45, 2.75) is 199 Å². The summed E-state index contributed by atoms with van der Waals surface area (Å²) in [5.41, 5.74) is -3.63. The van der Waals surface area contributed by atoms with Gasteiger partial charge in [-0.1, -0.05) is 20.8 Å². The summed E-state index contributed by atoms with van der Waals surface area (Å²) in [5.74, 6) is -3.02. The lowest BCUT2D eigenvalue weighted by atomic mass is 9.77. The minimum atomic E-state index is -1.94. The number of cyclic esters (lactones) is 1. The van der Waals surface area contributed by atoms with E-state index < -0.39 is 102 Å². The molecule has 7 N–H and O–H groups in total. The lowest BCUT2D eigenvalue weighted by Crippen LogP contribution is -2.60. The van der Waals surface area contributed by atoms with Crippen LogP contribution in [0.25, 0.3) is 0 Å². The van der Waals surface area contributed by atoms with Crippen LogP contribution in [-0.4, -0.2) is 184 Å². The molecule has 384 valence electrons. The summed E-state index contributed by atoms with van der Waals surface area (Å²) < 4.78 is 38.0. The summed E-state index contributed by atoms with van der Waals surface area (Å²) in [6.07, 6.45) is -8.77. The number of methoxy groups -OCH3 is 1. The minimum Gasteiger partial charge on any atom is -0.459 e. The number of hydrogen-bond acceptors (Lipinski definition) is 16. The van der Waals surface area contributed by atoms with Gasteiger partial charge in [0.1, 0.15) is 30.0 Å². The van der Waals surface area contributed by atoms with E-state index in [0.717, 1.165) is 0 Å². The Kier molecular flexibility index (Phi) is 20.2. The number of esters is 1. The number of rotatable bonds is 13. The van der Waals surface area contributed by atoms with Crippen molar-refractivity contribution in [2.24, 2.45) is 17.8 Å². The molecular weight excluding hydrogens is 869 g/mol. The zero-order chi connectivity index (χ0) is 50.3. The van der Waals surface area contributed by atoms with Crippen LogP contribution in [0.5, 0.6) is 0 Å². The summed E-state index contributed by atoms with van der Waals surface area (Å²) in [7, 11) is 5.23. The third-order valence-electron chi connectivity index (χ3n) is 14.5. The molecule has 2 amide bonds. The smallest absolute Gasteiger partial charge is 0.319 e. The number of hydrogen-bond donors (Lipinski definition) is 7. The predicted molar refractivity (Wildman–Crippen MR) is 251 cm³/mol. The Morgan fingerprint density at radius 1 is 0.940 bits per heavy atom. The van der Waals surface area contributed by atoms with E-state index in [2.05, 4.69) is 10.6 Å². The van der Waals surface area contributed by atoms with Gasteiger partial charge in [-0.05, 0) is 125 Å². The highest BCUT2D eigenvalue weighted by Gasteiger charge is 2.53. The number of Topliss-reactive ketones (excluding diaryl/α,β-unsaturated/α-hetero) is 1. The molecule has 0 saturated carbocycles. The first-order valence-corrected chi connectivity index (χ1v) is 24.1. The number of ketones is 1. The molecule has 3 aliphatic rings. The largest absolute Gasteiger partial charge is 0.459 e. The van der Waals surface area contributed by atoms with E-state index in [9.17, 15) is 39.9 Å². The van der Waals surface area contributed by atoms with Gasteiger partial charge in [0.15, 0.2) is 18.4 Å². The van der Waals surface area contributed by atoms with Crippen molar-refractivity contribution in [3.8, 4) is 0 Å². The number of carbonyl (C=O) groups is 3. The number of carbonyl (C=O) groups excluding carboxylic acids is 3. The van der Waals surface area contributed by atoms with Crippen molar-refractivity contribution in [3.63, 3.8) is 0 Å². The van der Waals surface area contributed by atoms with Gasteiger partial charge in [-0.3, -0.25) is 14.5 Å². The van der Waals surface area contributed by atoms with Gasteiger partial charge in [0, 0.05) is 62.4 Å². The Balaban J connectivity index is 1.72. The molecule has 0 unspecified atom stereocenters. The number of aliphatic hydroxyl groups excluding tert-OH is 3. The quantitative estimate of drug-likeness (QED) is 0.0848. The fraction of sp³-hybridized carbons (Fsp3) is 0.816. The van der Waals surface area contributed by atoms with Crippen molar-refractivity contribution < 1.29 is 68.3 Å². The van der Waals surface area contributed by atoms with Gasteiger partial charge in [-0.25, -0.2) is 4.79 Å². The van der Waals surface area contributed by atoms with Crippen LogP contribution in [0.4, 0.5) is 10.5 Å². The third-order valence-corrected chi connectivity index (χ3v) is 14.5. The van der Waals surface area contributed by atoms with Gasteiger partial charge >= 0.3 is 12.0 Å². The molecular formula is C49H84N4O14. The molecule has 18 nitrogen and oxygen atoms in total. The molecule has 3 heterocycles. The first-order chi connectivity index (χ1) is 31.2. The van der Waals surface area contributed by atoms with Crippen LogP contribution in [0.2, 0.25) is 0 Å². The summed E-state index contributed by atoms with van der Waals surface area (Å²) in [5, 5.41) is 65.5. The minimum absolute atomic E-state index is 0.0829. The van der Waals surface area contributed by atoms with E-state index in [-0.39, 0.29) is 49.7 Å². The molecule has 1 aromatic rings. The monoisotopic (exact) mass is 953 g/mol. The average molecular weight is 953 g/mol. The lowest BCUT2D eigenvalue weighted by molar-refractivity contribution is -0.318. The average Bonchev–Trinajstić information content (AvgIpc) is 3.25. The van der Waals surface area contributed by atoms with E-state index in [1.54, 1.807) is 72.7 Å². The van der Waals surface area contributed by atoms with Crippen molar-refractivity contribution in [2.75, 3.05) is 46.2 Å². The first-order valence-electron chi connectivity index (χ1n) is 24.1. The Bertz CT molecular complexity index is 1750. The maximum Gasteiger partial charge on any atom is 0.319 e. The van der Waals surface area contributed by atoms with Crippen LogP contribution >= 0.6 is 0 Å². The van der Waals surface area contributed by atoms with Crippen molar-refractivity contribution >= 4 is 23.5 Å². The molecule has 0 bridgehead atoms. The second kappa shape index (κ2) is 23.8. The maximum atomic E-state index is 14.5. The first kappa shape index (κ1) is 56.7. The van der Waals surface area contributed by atoms with Crippen LogP contribution in [0.1, 0.15) is 119 Å². The predicted octanol–water partition coefficient (Wildman–Crippen LogP) is 3.69. The summed E-state index contributed by atoms with van der Waals surface area (Å²) in [6, 6.07) is 5.09. The van der Waals surface area contributed by atoms with Crippen molar-refractivity contribution in [3.05, 3.63) is 29.8 Å². The van der Waals surface area contributed by atoms with E-state index in [0.29, 0.717) is 37.2 Å². The number of ether oxygens (including phenoxy) is 6. The molecule has 3 aliphatic heterocycles. The highest BCUT2D eigenvalue weighted by Crippen LogP contribution is 2.40. The molecule has 18 atom stereocenters. The highest BCUT2D eigenvalue weighted by molar-refractivity contribution is 5.95. The van der Waals surface area contributed by atoms with E-state index in [1.807, 2.05) is 37.7 Å². The topological polar surface area (TPSA) is 238 Å². The molecule has 0 radical (unpaired) electrons. The van der Waals surface area contributed by atoms with Crippen molar-refractivity contribution in [1.29, 1.82) is 0 Å². The third kappa shape index (κ3) is 14.2. The number of nitrogens with zero attached hydrogens (tertiary/aromatic N) is 2. The molecule has 4 rings (SSSR count). The SMILES string of the molecule is CC[C@H]1OC(=O)[C@H](C)[C@@H](O[C@H]2C[C@@](C)(OC)[C@@H](O)[C@H](C)O2)[C@H](C)[C@@H](O[C@@H]2O[C@H](C)C[C@H](N(C)C)[C@H]2O)[C@](C)(O)C[C@@H](C)CN(CCCNC(=O)Nc2ccc(C(C)=O)cc2)[C@H](C)[C@@H](O)[C@]1(C)O. The van der Waals surface area contributed by atoms with Crippen LogP contribution in [0.3, 0.4) is 0 Å². The summed E-state index contributed by atoms with van der Waals surface area (Å²) in [6.45, 7) is 19.8. The molecule has 1 aromatic carbocycles. The number of likely N-dealkylation sites (N-methyl/N-ethyl adjacent to an activating group) is 1. The van der Waals surface area contributed by atoms with Gasteiger partial charge in [0.25, 0.3) is 0 Å². The number of urea groups is 1. The molecule has 0 aliphatic carbocycles. The molecule has 0 aromatic heterocycles. The molecule has 3 saturated heterocycles. The van der Waals surface area contributed by atoms with E-state index >= 15 is 0 Å². The number of nitrogens with one attached hydrogen (secondary N) is 2. The van der Waals surface area contributed by atoms with E-state index in [4.69, 9.17) is 28.4 Å². The normalized spacial score (nSPS) is 40.9. The second-order valence-electron chi connectivity index (χ2n) is 20.6. The molecule has 67 heavy (non-hydrogen) atoms. The molecule has 18 heteroatoms. The van der Waals surface area contributed by atoms with Gasteiger partial charge < -0.3 is 69.5 Å². The Morgan fingerprint density at radius 3 is 2.16 bits per heavy atom. The van der Waals surface area contributed by atoms with Gasteiger partial charge in [0.05, 0.1) is 41.5 Å². The zero-order valence-corrected chi connectivity index (χ0v) is 42.4. The Hall–Kier alpha value is -2.85.